The minimum Gasteiger partial charge on any atom is -0.379 e. The Hall–Kier alpha value is -2.61. The normalized spacial score (nSPS) is 15.1. The van der Waals surface area contributed by atoms with Crippen LogP contribution in [-0.2, 0) is 9.53 Å². The molecule has 1 aliphatic rings. The zero-order valence-electron chi connectivity index (χ0n) is 18.0. The number of hydrogen-bond donors (Lipinski definition) is 3. The number of nitrogens with zero attached hydrogens (tertiary/aromatic N) is 1. The summed E-state index contributed by atoms with van der Waals surface area (Å²) in [5.74, 6) is -0.695. The minimum absolute atomic E-state index is 0.128. The van der Waals surface area contributed by atoms with Gasteiger partial charge in [-0.2, -0.15) is 0 Å². The summed E-state index contributed by atoms with van der Waals surface area (Å²) in [4.78, 5) is 30.4. The molecule has 2 aromatic rings. The number of hydrogen-bond acceptors (Lipinski definition) is 4. The Labute approximate surface area is 187 Å². The summed E-state index contributed by atoms with van der Waals surface area (Å²) in [6.45, 7) is 8.65. The van der Waals surface area contributed by atoms with E-state index < -0.39 is 5.91 Å². The van der Waals surface area contributed by atoms with Crippen LogP contribution in [0.25, 0.3) is 11.6 Å². The predicted octanol–water partition coefficient (Wildman–Crippen LogP) is 2.76. The largest absolute Gasteiger partial charge is 0.379 e. The molecule has 0 bridgehead atoms. The number of aromatic amines is 1. The highest BCUT2D eigenvalue weighted by Crippen LogP contribution is 2.25. The zero-order valence-corrected chi connectivity index (χ0v) is 18.7. The number of carbonyl (C=O) groups is 2. The maximum Gasteiger partial charge on any atom is 0.253 e. The van der Waals surface area contributed by atoms with Gasteiger partial charge in [0.2, 0.25) is 5.91 Å². The number of rotatable bonds is 8. The predicted molar refractivity (Wildman–Crippen MR) is 123 cm³/mol. The second-order valence-corrected chi connectivity index (χ2v) is 8.10. The van der Waals surface area contributed by atoms with Crippen molar-refractivity contribution >= 4 is 35.1 Å². The molecule has 7 nitrogen and oxygen atoms in total. The molecule has 0 spiro atoms. The molecule has 0 atom stereocenters. The van der Waals surface area contributed by atoms with Crippen LogP contribution in [0.2, 0.25) is 5.02 Å². The van der Waals surface area contributed by atoms with Gasteiger partial charge in [-0.15, -0.1) is 0 Å². The summed E-state index contributed by atoms with van der Waals surface area (Å²) in [6, 6.07) is 6.95. The lowest BCUT2D eigenvalue weighted by Gasteiger charge is -2.26. The Morgan fingerprint density at radius 3 is 2.71 bits per heavy atom. The van der Waals surface area contributed by atoms with E-state index in [1.54, 1.807) is 30.3 Å². The molecule has 31 heavy (non-hydrogen) atoms. The van der Waals surface area contributed by atoms with E-state index in [-0.39, 0.29) is 5.91 Å². The summed E-state index contributed by atoms with van der Waals surface area (Å²) < 4.78 is 5.35. The van der Waals surface area contributed by atoms with E-state index in [0.717, 1.165) is 50.5 Å². The van der Waals surface area contributed by atoms with Gasteiger partial charge in [0.25, 0.3) is 5.91 Å². The third kappa shape index (κ3) is 5.97. The van der Waals surface area contributed by atoms with E-state index in [1.165, 1.54) is 0 Å². The molecule has 2 amide bonds. The van der Waals surface area contributed by atoms with Crippen molar-refractivity contribution in [2.75, 3.05) is 39.4 Å². The third-order valence-corrected chi connectivity index (χ3v) is 5.67. The highest BCUT2D eigenvalue weighted by molar-refractivity contribution is 6.31. The highest BCUT2D eigenvalue weighted by atomic mass is 35.5. The lowest BCUT2D eigenvalue weighted by Crippen LogP contribution is -2.38. The molecule has 0 saturated carbocycles. The van der Waals surface area contributed by atoms with Crippen LogP contribution < -0.4 is 11.1 Å². The number of amides is 2. The molecule has 8 heteroatoms. The average Bonchev–Trinajstić information content (AvgIpc) is 3.02. The van der Waals surface area contributed by atoms with Crippen molar-refractivity contribution in [2.24, 2.45) is 5.73 Å². The number of benzene rings is 1. The number of ether oxygens (including phenoxy) is 1. The van der Waals surface area contributed by atoms with Crippen molar-refractivity contribution in [2.45, 2.75) is 20.3 Å². The van der Waals surface area contributed by atoms with Gasteiger partial charge in [0.15, 0.2) is 0 Å². The molecule has 1 aromatic heterocycles. The molecule has 0 aliphatic carbocycles. The summed E-state index contributed by atoms with van der Waals surface area (Å²) in [5, 5.41) is 3.52. The molecule has 2 heterocycles. The van der Waals surface area contributed by atoms with E-state index in [1.807, 2.05) is 13.8 Å². The fourth-order valence-corrected chi connectivity index (χ4v) is 3.96. The molecular weight excluding hydrogens is 416 g/mol. The van der Waals surface area contributed by atoms with Gasteiger partial charge in [-0.25, -0.2) is 0 Å². The van der Waals surface area contributed by atoms with Crippen molar-refractivity contribution in [3.63, 3.8) is 0 Å². The van der Waals surface area contributed by atoms with Crippen LogP contribution in [-0.4, -0.2) is 61.1 Å². The van der Waals surface area contributed by atoms with Gasteiger partial charge in [-0.3, -0.25) is 14.5 Å². The fraction of sp³-hybridized carbons (Fsp3) is 0.391. The van der Waals surface area contributed by atoms with Gasteiger partial charge in [-0.1, -0.05) is 23.7 Å². The number of carbonyl (C=O) groups excluding carboxylic acids is 2. The molecular formula is C23H29ClN4O3. The van der Waals surface area contributed by atoms with Crippen LogP contribution in [0.15, 0.2) is 24.3 Å². The molecule has 0 unspecified atom stereocenters. The Kier molecular flexibility index (Phi) is 7.90. The maximum atomic E-state index is 12.8. The molecule has 3 rings (SSSR count). The summed E-state index contributed by atoms with van der Waals surface area (Å²) in [5.41, 5.74) is 9.33. The summed E-state index contributed by atoms with van der Waals surface area (Å²) >= 11 is 6.06. The van der Waals surface area contributed by atoms with Crippen LogP contribution >= 0.6 is 11.6 Å². The molecule has 1 saturated heterocycles. The molecule has 4 N–H and O–H groups in total. The van der Waals surface area contributed by atoms with E-state index >= 15 is 0 Å². The van der Waals surface area contributed by atoms with Crippen LogP contribution in [0.3, 0.4) is 0 Å². The Balaban J connectivity index is 1.70. The van der Waals surface area contributed by atoms with Gasteiger partial charge in [-0.05, 0) is 56.1 Å². The van der Waals surface area contributed by atoms with Gasteiger partial charge in [0.05, 0.1) is 18.8 Å². The molecule has 1 fully saturated rings. The SMILES string of the molecule is Cc1[nH]c(/C=C(\C(N)=O)c2cccc(Cl)c2)c(C)c1C(=O)NCCCN1CCOCC1. The second-order valence-electron chi connectivity index (χ2n) is 7.66. The number of nitrogens with one attached hydrogen (secondary N) is 2. The fourth-order valence-electron chi connectivity index (χ4n) is 3.77. The van der Waals surface area contributed by atoms with Crippen LogP contribution in [0.5, 0.6) is 0 Å². The molecule has 0 radical (unpaired) electrons. The van der Waals surface area contributed by atoms with E-state index in [0.29, 0.717) is 34.0 Å². The zero-order chi connectivity index (χ0) is 22.4. The highest BCUT2D eigenvalue weighted by Gasteiger charge is 2.19. The number of halogens is 1. The summed E-state index contributed by atoms with van der Waals surface area (Å²) in [7, 11) is 0. The first-order valence-electron chi connectivity index (χ1n) is 10.4. The summed E-state index contributed by atoms with van der Waals surface area (Å²) in [6.07, 6.45) is 2.55. The first kappa shape index (κ1) is 23.1. The number of nitrogens with two attached hydrogens (primary N) is 1. The molecule has 166 valence electrons. The first-order valence-corrected chi connectivity index (χ1v) is 10.8. The number of primary amides is 1. The van der Waals surface area contributed by atoms with Crippen molar-refractivity contribution in [3.8, 4) is 0 Å². The van der Waals surface area contributed by atoms with Crippen molar-refractivity contribution in [3.05, 3.63) is 57.4 Å². The first-order chi connectivity index (χ1) is 14.9. The average molecular weight is 445 g/mol. The van der Waals surface area contributed by atoms with E-state index in [4.69, 9.17) is 22.1 Å². The Morgan fingerprint density at radius 2 is 2.03 bits per heavy atom. The van der Waals surface area contributed by atoms with Crippen LogP contribution in [0.1, 0.15) is 39.3 Å². The van der Waals surface area contributed by atoms with Crippen LogP contribution in [0, 0.1) is 13.8 Å². The standard InChI is InChI=1S/C23H29ClN4O3/c1-15-20(14-19(22(25)29)17-5-3-6-18(24)13-17)27-16(2)21(15)23(30)26-7-4-8-28-9-11-31-12-10-28/h3,5-6,13-14,27H,4,7-12H2,1-2H3,(H2,25,29)(H,26,30)/b19-14-. The van der Waals surface area contributed by atoms with E-state index in [9.17, 15) is 9.59 Å². The quantitative estimate of drug-likeness (QED) is 0.430. The number of aromatic nitrogens is 1. The smallest absolute Gasteiger partial charge is 0.253 e. The van der Waals surface area contributed by atoms with E-state index in [2.05, 4.69) is 15.2 Å². The van der Waals surface area contributed by atoms with Crippen LogP contribution in [0.4, 0.5) is 0 Å². The minimum atomic E-state index is -0.567. The third-order valence-electron chi connectivity index (χ3n) is 5.43. The molecule has 1 aliphatic heterocycles. The van der Waals surface area contributed by atoms with Gasteiger partial charge in [0.1, 0.15) is 0 Å². The number of aryl methyl sites for hydroxylation is 1. The Bertz CT molecular complexity index is 977. The van der Waals surface area contributed by atoms with Gasteiger partial charge >= 0.3 is 0 Å². The van der Waals surface area contributed by atoms with Crippen molar-refractivity contribution in [1.29, 1.82) is 0 Å². The van der Waals surface area contributed by atoms with Gasteiger partial charge in [0, 0.05) is 41.6 Å². The second kappa shape index (κ2) is 10.6. The number of H-pyrrole nitrogens is 1. The maximum absolute atomic E-state index is 12.8. The molecule has 1 aromatic carbocycles. The van der Waals surface area contributed by atoms with Crippen molar-refractivity contribution in [1.82, 2.24) is 15.2 Å². The Morgan fingerprint density at radius 1 is 1.29 bits per heavy atom. The van der Waals surface area contributed by atoms with Gasteiger partial charge < -0.3 is 20.8 Å². The monoisotopic (exact) mass is 444 g/mol. The lowest BCUT2D eigenvalue weighted by atomic mass is 10.0. The van der Waals surface area contributed by atoms with Crippen molar-refractivity contribution < 1.29 is 14.3 Å². The number of morpholine rings is 1. The topological polar surface area (TPSA) is 100 Å². The lowest BCUT2D eigenvalue weighted by molar-refractivity contribution is -0.112.